The predicted molar refractivity (Wildman–Crippen MR) is 179 cm³/mol. The van der Waals surface area contributed by atoms with Gasteiger partial charge < -0.3 is 13.6 Å². The van der Waals surface area contributed by atoms with Gasteiger partial charge in [0.25, 0.3) is 0 Å². The van der Waals surface area contributed by atoms with Crippen molar-refractivity contribution < 1.29 is 4.42 Å². The van der Waals surface area contributed by atoms with E-state index in [-0.39, 0.29) is 0 Å². The van der Waals surface area contributed by atoms with E-state index in [9.17, 15) is 0 Å². The van der Waals surface area contributed by atoms with Crippen molar-refractivity contribution in [3.8, 4) is 11.4 Å². The third kappa shape index (κ3) is 3.21. The Balaban J connectivity index is 1.50. The minimum absolute atomic E-state index is 0.963. The molecule has 4 aromatic heterocycles. The number of furan rings is 1. The first-order valence-electron chi connectivity index (χ1n) is 14.4. The van der Waals surface area contributed by atoms with Crippen LogP contribution >= 0.6 is 11.3 Å². The number of nitrogens with zero attached hydrogens (tertiary/aromatic N) is 2. The zero-order chi connectivity index (χ0) is 28.3. The van der Waals surface area contributed by atoms with Gasteiger partial charge in [-0.2, -0.15) is 0 Å². The predicted octanol–water partition coefficient (Wildman–Crippen LogP) is 11.1. The van der Waals surface area contributed by atoms with Gasteiger partial charge in [0.2, 0.25) is 0 Å². The molecule has 0 unspecified atom stereocenters. The van der Waals surface area contributed by atoms with Crippen LogP contribution in [0.3, 0.4) is 0 Å². The Kier molecular flexibility index (Phi) is 4.76. The lowest BCUT2D eigenvalue weighted by Gasteiger charge is -2.10. The zero-order valence-electron chi connectivity index (χ0n) is 23.9. The van der Waals surface area contributed by atoms with Crippen LogP contribution in [0.5, 0.6) is 0 Å². The van der Waals surface area contributed by atoms with Gasteiger partial charge in [0.15, 0.2) is 5.58 Å². The van der Waals surface area contributed by atoms with Crippen LogP contribution in [0.15, 0.2) is 101 Å². The Morgan fingerprint density at radius 1 is 0.500 bits per heavy atom. The molecule has 9 rings (SSSR count). The van der Waals surface area contributed by atoms with E-state index in [0.29, 0.717) is 0 Å². The molecule has 4 heteroatoms. The summed E-state index contributed by atoms with van der Waals surface area (Å²) in [7, 11) is 0. The summed E-state index contributed by atoms with van der Waals surface area (Å²) in [6, 6.07) is 36.0. The van der Waals surface area contributed by atoms with Crippen molar-refractivity contribution in [1.82, 2.24) is 9.13 Å². The zero-order valence-corrected chi connectivity index (χ0v) is 24.8. The number of rotatable bonds is 2. The number of thiophene rings is 1. The van der Waals surface area contributed by atoms with Gasteiger partial charge in [-0.05, 0) is 93.4 Å². The van der Waals surface area contributed by atoms with E-state index in [1.807, 2.05) is 11.3 Å². The highest BCUT2D eigenvalue weighted by atomic mass is 32.1. The van der Waals surface area contributed by atoms with Gasteiger partial charge in [-0.1, -0.05) is 53.6 Å². The van der Waals surface area contributed by atoms with E-state index < -0.39 is 0 Å². The number of hydrogen-bond donors (Lipinski definition) is 0. The molecule has 0 aliphatic rings. The third-order valence-electron chi connectivity index (χ3n) is 8.76. The first kappa shape index (κ1) is 23.9. The molecule has 4 heterocycles. The Hall–Kier alpha value is -4.80. The van der Waals surface area contributed by atoms with Crippen molar-refractivity contribution in [2.45, 2.75) is 27.7 Å². The molecule has 0 radical (unpaired) electrons. The molecule has 0 saturated carbocycles. The normalized spacial score (nSPS) is 12.3. The van der Waals surface area contributed by atoms with E-state index in [0.717, 1.165) is 16.9 Å². The molecule has 0 amide bonds. The number of benzene rings is 5. The molecule has 9 aromatic rings. The van der Waals surface area contributed by atoms with Crippen molar-refractivity contribution in [3.63, 3.8) is 0 Å². The molecule has 0 fully saturated rings. The van der Waals surface area contributed by atoms with Crippen molar-refractivity contribution in [3.05, 3.63) is 119 Å². The van der Waals surface area contributed by atoms with Gasteiger partial charge in [0.1, 0.15) is 5.58 Å². The summed E-state index contributed by atoms with van der Waals surface area (Å²) >= 11 is 1.83. The quantitative estimate of drug-likeness (QED) is 0.206. The molecule has 0 aliphatic carbocycles. The van der Waals surface area contributed by atoms with Crippen LogP contribution in [0.1, 0.15) is 22.3 Å². The van der Waals surface area contributed by atoms with Crippen molar-refractivity contribution >= 4 is 75.5 Å². The lowest BCUT2D eigenvalue weighted by atomic mass is 10.1. The summed E-state index contributed by atoms with van der Waals surface area (Å²) in [5.74, 6) is 0. The first-order chi connectivity index (χ1) is 20.4. The molecular formula is C38H28N2OS. The van der Waals surface area contributed by atoms with Gasteiger partial charge in [0, 0.05) is 37.6 Å². The molecule has 0 aliphatic heterocycles. The molecule has 3 nitrogen and oxygen atoms in total. The second kappa shape index (κ2) is 8.37. The van der Waals surface area contributed by atoms with Gasteiger partial charge in [-0.3, -0.25) is 0 Å². The van der Waals surface area contributed by atoms with Crippen LogP contribution in [0.4, 0.5) is 0 Å². The topological polar surface area (TPSA) is 23.0 Å². The highest BCUT2D eigenvalue weighted by Gasteiger charge is 2.24. The molecule has 42 heavy (non-hydrogen) atoms. The van der Waals surface area contributed by atoms with Crippen LogP contribution in [-0.4, -0.2) is 9.13 Å². The molecular weight excluding hydrogens is 532 g/mol. The molecule has 0 spiro atoms. The number of aromatic nitrogens is 2. The minimum Gasteiger partial charge on any atom is -0.454 e. The summed E-state index contributed by atoms with van der Waals surface area (Å²) in [5, 5.41) is 4.86. The fourth-order valence-corrected chi connectivity index (χ4v) is 7.85. The fourth-order valence-electron chi connectivity index (χ4n) is 6.67. The third-order valence-corrected chi connectivity index (χ3v) is 9.92. The van der Waals surface area contributed by atoms with Crippen LogP contribution in [0.25, 0.3) is 75.6 Å². The summed E-state index contributed by atoms with van der Waals surface area (Å²) in [6.07, 6.45) is 0. The maximum Gasteiger partial charge on any atom is 0.154 e. The van der Waals surface area contributed by atoms with Crippen molar-refractivity contribution in [1.29, 1.82) is 0 Å². The Labute approximate surface area is 246 Å². The highest BCUT2D eigenvalue weighted by molar-refractivity contribution is 7.26. The Bertz CT molecular complexity index is 2530. The number of fused-ring (bicyclic) bond motifs is 10. The maximum atomic E-state index is 6.54. The van der Waals surface area contributed by atoms with E-state index in [1.54, 1.807) is 0 Å². The second-order valence-electron chi connectivity index (χ2n) is 11.8. The van der Waals surface area contributed by atoms with E-state index in [1.165, 1.54) is 81.0 Å². The van der Waals surface area contributed by atoms with Crippen molar-refractivity contribution in [2.75, 3.05) is 0 Å². The lowest BCUT2D eigenvalue weighted by molar-refractivity contribution is 0.673. The summed E-state index contributed by atoms with van der Waals surface area (Å²) in [4.78, 5) is 0. The minimum atomic E-state index is 0.963. The molecule has 0 saturated heterocycles. The average molecular weight is 561 g/mol. The lowest BCUT2D eigenvalue weighted by Crippen LogP contribution is -1.94. The average Bonchev–Trinajstić information content (AvgIpc) is 3.69. The van der Waals surface area contributed by atoms with Crippen LogP contribution in [-0.2, 0) is 0 Å². The number of aryl methyl sites for hydroxylation is 4. The summed E-state index contributed by atoms with van der Waals surface area (Å²) in [6.45, 7) is 8.59. The second-order valence-corrected chi connectivity index (χ2v) is 12.8. The smallest absolute Gasteiger partial charge is 0.154 e. The summed E-state index contributed by atoms with van der Waals surface area (Å²) in [5.41, 5.74) is 14.2. The van der Waals surface area contributed by atoms with E-state index in [2.05, 4.69) is 134 Å². The van der Waals surface area contributed by atoms with Gasteiger partial charge in [-0.15, -0.1) is 11.3 Å². The van der Waals surface area contributed by atoms with Crippen LogP contribution in [0, 0.1) is 27.7 Å². The largest absolute Gasteiger partial charge is 0.454 e. The number of hydrogen-bond acceptors (Lipinski definition) is 2. The molecule has 0 bridgehead atoms. The molecule has 0 atom stereocenters. The van der Waals surface area contributed by atoms with E-state index in [4.69, 9.17) is 4.42 Å². The Morgan fingerprint density at radius 3 is 1.71 bits per heavy atom. The molecule has 5 aromatic carbocycles. The first-order valence-corrected chi connectivity index (χ1v) is 15.2. The monoisotopic (exact) mass is 560 g/mol. The van der Waals surface area contributed by atoms with Gasteiger partial charge in [0.05, 0.1) is 26.8 Å². The Morgan fingerprint density at radius 2 is 1.05 bits per heavy atom. The molecule has 202 valence electrons. The van der Waals surface area contributed by atoms with E-state index >= 15 is 0 Å². The fraction of sp³-hybridized carbons (Fsp3) is 0.105. The highest BCUT2D eigenvalue weighted by Crippen LogP contribution is 2.46. The van der Waals surface area contributed by atoms with Crippen LogP contribution < -0.4 is 0 Å². The summed E-state index contributed by atoms with van der Waals surface area (Å²) < 4.78 is 13.9. The maximum absolute atomic E-state index is 6.54. The van der Waals surface area contributed by atoms with Gasteiger partial charge >= 0.3 is 0 Å². The van der Waals surface area contributed by atoms with Crippen molar-refractivity contribution in [2.24, 2.45) is 0 Å². The SMILES string of the molecule is Cc1ccc(-n2c3cc(C)ccc3c3c2c2cc4sc5c6ccc(C)cc6oc5c4cc2n3-c2ccc(C)cc2)cc1. The van der Waals surface area contributed by atoms with Gasteiger partial charge in [-0.25, -0.2) is 0 Å². The van der Waals surface area contributed by atoms with Crippen LogP contribution in [0.2, 0.25) is 0 Å². The molecule has 0 N–H and O–H groups in total. The standard InChI is InChI=1S/C38H28N2OS/c1-21-5-11-25(12-6-21)39-31-17-23(3)9-15-27(31)35-36(39)29-20-34-30(19-32(29)40(35)26-13-7-22(2)8-14-26)37-38(42-34)28-16-10-24(4)18-33(28)41-37/h5-20H,1-4H3.